The summed E-state index contributed by atoms with van der Waals surface area (Å²) >= 11 is 0. The van der Waals surface area contributed by atoms with Gasteiger partial charge < -0.3 is 19.8 Å². The standard InChI is InChI=1S/C25H30N4O7S/c30-21-15-29(37(34,35)22-8-4-5-11-28(22)33)20-9-12-27(23(20)21)25(32)19(14-17-6-2-1-3-7-17)26-24(31)18-10-13-36-16-18/h4-5,8,10-11,13,16-17,19-20,23H,1-3,6-7,9,12,14-15H2,(H,26,31). The molecule has 0 aromatic carbocycles. The number of aromatic nitrogens is 1. The van der Waals surface area contributed by atoms with Crippen LogP contribution in [0.25, 0.3) is 0 Å². The Labute approximate surface area is 215 Å². The minimum atomic E-state index is -4.25. The summed E-state index contributed by atoms with van der Waals surface area (Å²) in [5.74, 6) is -0.955. The third kappa shape index (κ3) is 4.87. The molecule has 12 heteroatoms. The maximum atomic E-state index is 13.8. The number of furan rings is 1. The molecule has 3 fully saturated rings. The molecule has 1 N–H and O–H groups in total. The first kappa shape index (κ1) is 25.4. The van der Waals surface area contributed by atoms with E-state index in [-0.39, 0.29) is 29.5 Å². The van der Waals surface area contributed by atoms with Crippen LogP contribution in [0.15, 0.2) is 52.4 Å². The van der Waals surface area contributed by atoms with Crippen LogP contribution in [0.1, 0.15) is 55.3 Å². The van der Waals surface area contributed by atoms with Gasteiger partial charge in [0.05, 0.1) is 24.4 Å². The van der Waals surface area contributed by atoms with E-state index in [9.17, 15) is 28.0 Å². The van der Waals surface area contributed by atoms with Crippen LogP contribution in [0.5, 0.6) is 0 Å². The molecule has 11 nitrogen and oxygen atoms in total. The number of nitrogens with zero attached hydrogens (tertiary/aromatic N) is 3. The first-order chi connectivity index (χ1) is 17.8. The fourth-order valence-electron chi connectivity index (χ4n) is 5.89. The van der Waals surface area contributed by atoms with Crippen molar-refractivity contribution in [3.05, 3.63) is 53.8 Å². The minimum Gasteiger partial charge on any atom is -0.618 e. The number of sulfonamides is 1. The van der Waals surface area contributed by atoms with E-state index >= 15 is 0 Å². The quantitative estimate of drug-likeness (QED) is 0.419. The highest BCUT2D eigenvalue weighted by molar-refractivity contribution is 7.89. The van der Waals surface area contributed by atoms with Crippen LogP contribution >= 0.6 is 0 Å². The number of hydrogen-bond acceptors (Lipinski definition) is 7. The lowest BCUT2D eigenvalue weighted by Gasteiger charge is -2.31. The van der Waals surface area contributed by atoms with Gasteiger partial charge in [0, 0.05) is 18.7 Å². The van der Waals surface area contributed by atoms with Gasteiger partial charge in [0.25, 0.3) is 5.91 Å². The summed E-state index contributed by atoms with van der Waals surface area (Å²) in [6.45, 7) is -0.230. The Morgan fingerprint density at radius 1 is 1.16 bits per heavy atom. The number of hydrogen-bond donors (Lipinski definition) is 1. The third-order valence-corrected chi connectivity index (χ3v) is 9.56. The number of carbonyl (C=O) groups is 3. The van der Waals surface area contributed by atoms with E-state index in [2.05, 4.69) is 5.32 Å². The predicted octanol–water partition coefficient (Wildman–Crippen LogP) is 1.22. The summed E-state index contributed by atoms with van der Waals surface area (Å²) in [4.78, 5) is 41.1. The molecule has 1 aliphatic carbocycles. The van der Waals surface area contributed by atoms with Crippen molar-refractivity contribution in [3.8, 4) is 0 Å². The van der Waals surface area contributed by atoms with Crippen LogP contribution < -0.4 is 10.0 Å². The average molecular weight is 531 g/mol. The van der Waals surface area contributed by atoms with Gasteiger partial charge in [-0.2, -0.15) is 9.04 Å². The van der Waals surface area contributed by atoms with Crippen molar-refractivity contribution >= 4 is 27.6 Å². The normalized spacial score (nSPS) is 23.7. The largest absolute Gasteiger partial charge is 0.618 e. The van der Waals surface area contributed by atoms with Crippen molar-refractivity contribution in [2.75, 3.05) is 13.1 Å². The fraction of sp³-hybridized carbons (Fsp3) is 0.520. The summed E-state index contributed by atoms with van der Waals surface area (Å²) in [5, 5.41) is 14.5. The Kier molecular flexibility index (Phi) is 7.04. The zero-order chi connectivity index (χ0) is 26.2. The van der Waals surface area contributed by atoms with Gasteiger partial charge in [-0.3, -0.25) is 14.4 Å². The smallest absolute Gasteiger partial charge is 0.323 e. The summed E-state index contributed by atoms with van der Waals surface area (Å²) in [6.07, 6.45) is 9.71. The fourth-order valence-corrected chi connectivity index (χ4v) is 7.54. The summed E-state index contributed by atoms with van der Waals surface area (Å²) < 4.78 is 32.9. The van der Waals surface area contributed by atoms with Crippen LogP contribution in [-0.2, 0) is 19.6 Å². The number of nitrogens with one attached hydrogen (secondary N) is 1. The van der Waals surface area contributed by atoms with E-state index in [1.54, 1.807) is 0 Å². The lowest BCUT2D eigenvalue weighted by molar-refractivity contribution is -0.646. The van der Waals surface area contributed by atoms with Crippen LogP contribution in [0.3, 0.4) is 0 Å². The second-order valence-corrected chi connectivity index (χ2v) is 11.8. The van der Waals surface area contributed by atoms with Crippen LogP contribution in [0.2, 0.25) is 0 Å². The van der Waals surface area contributed by atoms with E-state index < -0.39 is 51.4 Å². The number of carbonyl (C=O) groups excluding carboxylic acids is 3. The molecule has 3 atom stereocenters. The van der Waals surface area contributed by atoms with Crippen LogP contribution in [0, 0.1) is 11.1 Å². The van der Waals surface area contributed by atoms with Crippen molar-refractivity contribution in [1.82, 2.24) is 14.5 Å². The Morgan fingerprint density at radius 2 is 1.95 bits per heavy atom. The van der Waals surface area contributed by atoms with Crippen molar-refractivity contribution in [3.63, 3.8) is 0 Å². The highest BCUT2D eigenvalue weighted by atomic mass is 32.2. The molecule has 3 unspecified atom stereocenters. The van der Waals surface area contributed by atoms with E-state index in [0.717, 1.165) is 42.6 Å². The molecular weight excluding hydrogens is 500 g/mol. The average Bonchev–Trinajstić information content (AvgIpc) is 3.63. The van der Waals surface area contributed by atoms with Crippen molar-refractivity contribution in [1.29, 1.82) is 0 Å². The minimum absolute atomic E-state index is 0.181. The number of pyridine rings is 1. The van der Waals surface area contributed by atoms with E-state index in [1.165, 1.54) is 41.7 Å². The van der Waals surface area contributed by atoms with Gasteiger partial charge in [-0.1, -0.05) is 32.1 Å². The molecule has 198 valence electrons. The molecule has 0 bridgehead atoms. The van der Waals surface area contributed by atoms with Gasteiger partial charge in [0.1, 0.15) is 18.3 Å². The highest BCUT2D eigenvalue weighted by Gasteiger charge is 2.55. The molecule has 3 aliphatic rings. The highest BCUT2D eigenvalue weighted by Crippen LogP contribution is 2.35. The zero-order valence-corrected chi connectivity index (χ0v) is 21.1. The summed E-state index contributed by atoms with van der Waals surface area (Å²) in [7, 11) is -4.25. The van der Waals surface area contributed by atoms with Crippen LogP contribution in [-0.4, -0.2) is 66.4 Å². The number of ketones is 1. The second kappa shape index (κ2) is 10.3. The van der Waals surface area contributed by atoms with Gasteiger partial charge in [0.15, 0.2) is 12.0 Å². The van der Waals surface area contributed by atoms with Gasteiger partial charge in [-0.05, 0) is 30.9 Å². The number of fused-ring (bicyclic) bond motifs is 1. The topological polar surface area (TPSA) is 144 Å². The summed E-state index contributed by atoms with van der Waals surface area (Å²) in [6, 6.07) is 3.01. The number of likely N-dealkylation sites (tertiary alicyclic amines) is 1. The molecule has 2 amide bonds. The first-order valence-electron chi connectivity index (χ1n) is 12.6. The van der Waals surface area contributed by atoms with Crippen molar-refractivity contribution in [2.24, 2.45) is 5.92 Å². The molecule has 0 radical (unpaired) electrons. The van der Waals surface area contributed by atoms with Gasteiger partial charge in [-0.25, -0.2) is 8.42 Å². The lowest BCUT2D eigenvalue weighted by Crippen LogP contribution is -2.53. The van der Waals surface area contributed by atoms with E-state index in [1.807, 2.05) is 0 Å². The predicted molar refractivity (Wildman–Crippen MR) is 129 cm³/mol. The lowest BCUT2D eigenvalue weighted by atomic mass is 9.84. The number of rotatable bonds is 7. The number of Topliss-reactive ketones (excluding diaryl/α,β-unsaturated/α-hetero) is 1. The van der Waals surface area contributed by atoms with Gasteiger partial charge in [-0.15, -0.1) is 0 Å². The maximum absolute atomic E-state index is 13.8. The Morgan fingerprint density at radius 3 is 2.65 bits per heavy atom. The Balaban J connectivity index is 1.37. The third-order valence-electron chi connectivity index (χ3n) is 7.70. The van der Waals surface area contributed by atoms with E-state index in [0.29, 0.717) is 12.0 Å². The molecule has 2 saturated heterocycles. The first-order valence-corrected chi connectivity index (χ1v) is 14.1. The molecule has 2 aromatic rings. The monoisotopic (exact) mass is 530 g/mol. The molecule has 2 aliphatic heterocycles. The molecule has 1 saturated carbocycles. The Hall–Kier alpha value is -3.25. The Bertz CT molecular complexity index is 1270. The van der Waals surface area contributed by atoms with Gasteiger partial charge >= 0.3 is 15.0 Å². The number of amides is 2. The zero-order valence-electron chi connectivity index (χ0n) is 20.3. The summed E-state index contributed by atoms with van der Waals surface area (Å²) in [5.41, 5.74) is 0.295. The molecule has 2 aromatic heterocycles. The SMILES string of the molecule is O=C(NC(CC1CCCCC1)C(=O)N1CCC2C1C(=O)CN2S(=O)(=O)c1cccc[n+]1[O-])c1ccoc1. The maximum Gasteiger partial charge on any atom is 0.323 e. The second-order valence-electron chi connectivity index (χ2n) is 9.99. The molecule has 37 heavy (non-hydrogen) atoms. The van der Waals surface area contributed by atoms with Gasteiger partial charge in [0.2, 0.25) is 5.91 Å². The van der Waals surface area contributed by atoms with E-state index in [4.69, 9.17) is 4.42 Å². The molecule has 5 rings (SSSR count). The molecule has 4 heterocycles. The van der Waals surface area contributed by atoms with Crippen molar-refractivity contribution in [2.45, 2.75) is 68.1 Å². The van der Waals surface area contributed by atoms with Crippen molar-refractivity contribution < 1.29 is 31.9 Å². The molecular formula is C25H30N4O7S. The van der Waals surface area contributed by atoms with Crippen LogP contribution in [0.4, 0.5) is 0 Å². The molecule has 0 spiro atoms.